The van der Waals surface area contributed by atoms with Crippen molar-refractivity contribution in [1.29, 1.82) is 0 Å². The molecule has 0 atom stereocenters. The predicted octanol–water partition coefficient (Wildman–Crippen LogP) is 2.89. The molecule has 1 aromatic carbocycles. The first-order valence-electron chi connectivity index (χ1n) is 4.92. The monoisotopic (exact) mass is 219 g/mol. The van der Waals surface area contributed by atoms with Crippen LogP contribution in [0.25, 0.3) is 11.4 Å². The van der Waals surface area contributed by atoms with Crippen molar-refractivity contribution in [3.63, 3.8) is 0 Å². The summed E-state index contributed by atoms with van der Waals surface area (Å²) in [4.78, 5) is 4.41. The molecule has 0 aliphatic heterocycles. The Labute approximate surface area is 93.3 Å². The lowest BCUT2D eigenvalue weighted by Crippen LogP contribution is -1.81. The molecule has 0 aliphatic carbocycles. The highest BCUT2D eigenvalue weighted by molar-refractivity contribution is 7.99. The fourth-order valence-electron chi connectivity index (χ4n) is 1.36. The Kier molecular flexibility index (Phi) is 3.06. The smallest absolute Gasteiger partial charge is 0.208 e. The lowest BCUT2D eigenvalue weighted by Gasteiger charge is -1.96. The molecule has 0 bridgehead atoms. The second-order valence-corrected chi connectivity index (χ2v) is 4.50. The van der Waals surface area contributed by atoms with E-state index in [0.29, 0.717) is 0 Å². The van der Waals surface area contributed by atoms with Crippen molar-refractivity contribution < 1.29 is 0 Å². The van der Waals surface area contributed by atoms with Gasteiger partial charge in [0, 0.05) is 5.56 Å². The maximum Gasteiger partial charge on any atom is 0.208 e. The van der Waals surface area contributed by atoms with Crippen molar-refractivity contribution in [2.24, 2.45) is 0 Å². The minimum atomic E-state index is 0.814. The third-order valence-electron chi connectivity index (χ3n) is 2.03. The Bertz CT molecular complexity index is 451. The van der Waals surface area contributed by atoms with Crippen LogP contribution in [0.4, 0.5) is 0 Å². The first kappa shape index (κ1) is 10.2. The van der Waals surface area contributed by atoms with Gasteiger partial charge in [0.2, 0.25) is 5.16 Å². The van der Waals surface area contributed by atoms with Gasteiger partial charge in [-0.1, -0.05) is 42.4 Å². The summed E-state index contributed by atoms with van der Waals surface area (Å²) in [5.41, 5.74) is 2.32. The van der Waals surface area contributed by atoms with E-state index in [0.717, 1.165) is 22.3 Å². The van der Waals surface area contributed by atoms with E-state index in [4.69, 9.17) is 0 Å². The Hall–Kier alpha value is -1.29. The number of benzene rings is 1. The number of hydrogen-bond acceptors (Lipinski definition) is 3. The summed E-state index contributed by atoms with van der Waals surface area (Å²) in [5.74, 6) is 1.83. The molecule has 1 N–H and O–H groups in total. The molecule has 78 valence electrons. The number of thioether (sulfide) groups is 1. The minimum Gasteiger partial charge on any atom is -0.258 e. The average molecular weight is 219 g/mol. The average Bonchev–Trinajstić information content (AvgIpc) is 2.67. The topological polar surface area (TPSA) is 41.6 Å². The zero-order chi connectivity index (χ0) is 10.7. The summed E-state index contributed by atoms with van der Waals surface area (Å²) in [5, 5.41) is 7.90. The van der Waals surface area contributed by atoms with Crippen LogP contribution >= 0.6 is 11.8 Å². The molecule has 1 aromatic heterocycles. The van der Waals surface area contributed by atoms with Crippen LogP contribution in [0.5, 0.6) is 0 Å². The van der Waals surface area contributed by atoms with Gasteiger partial charge in [-0.3, -0.25) is 5.10 Å². The molecule has 2 aromatic rings. The number of aromatic nitrogens is 3. The molecule has 0 saturated heterocycles. The summed E-state index contributed by atoms with van der Waals surface area (Å²) in [6.07, 6.45) is 0. The SMILES string of the molecule is CCSc1n[nH]c(-c2cccc(C)c2)n1. The number of aryl methyl sites for hydroxylation is 1. The van der Waals surface area contributed by atoms with Gasteiger partial charge in [0.1, 0.15) is 0 Å². The van der Waals surface area contributed by atoms with Gasteiger partial charge in [-0.15, -0.1) is 5.10 Å². The highest BCUT2D eigenvalue weighted by Crippen LogP contribution is 2.19. The van der Waals surface area contributed by atoms with Crippen LogP contribution in [0.3, 0.4) is 0 Å². The fourth-order valence-corrected chi connectivity index (χ4v) is 1.89. The van der Waals surface area contributed by atoms with Crippen molar-refractivity contribution in [3.05, 3.63) is 29.8 Å². The molecule has 0 spiro atoms. The van der Waals surface area contributed by atoms with Crippen LogP contribution in [0, 0.1) is 6.92 Å². The molecule has 0 aliphatic rings. The molecule has 1 heterocycles. The van der Waals surface area contributed by atoms with Gasteiger partial charge in [0.25, 0.3) is 0 Å². The number of aromatic amines is 1. The Morgan fingerprint density at radius 1 is 1.40 bits per heavy atom. The van der Waals surface area contributed by atoms with Gasteiger partial charge in [-0.2, -0.15) is 0 Å². The van der Waals surface area contributed by atoms with Gasteiger partial charge in [0.05, 0.1) is 0 Å². The molecule has 0 amide bonds. The molecule has 0 unspecified atom stereocenters. The molecule has 0 fully saturated rings. The Morgan fingerprint density at radius 3 is 3.00 bits per heavy atom. The van der Waals surface area contributed by atoms with E-state index < -0.39 is 0 Å². The van der Waals surface area contributed by atoms with E-state index in [9.17, 15) is 0 Å². The van der Waals surface area contributed by atoms with E-state index in [1.165, 1.54) is 5.56 Å². The maximum absolute atomic E-state index is 4.41. The summed E-state index contributed by atoms with van der Waals surface area (Å²) in [6.45, 7) is 4.16. The van der Waals surface area contributed by atoms with Gasteiger partial charge >= 0.3 is 0 Å². The van der Waals surface area contributed by atoms with Gasteiger partial charge < -0.3 is 0 Å². The molecule has 15 heavy (non-hydrogen) atoms. The highest BCUT2D eigenvalue weighted by atomic mass is 32.2. The third kappa shape index (κ3) is 2.39. The normalized spacial score (nSPS) is 10.5. The zero-order valence-electron chi connectivity index (χ0n) is 8.82. The Balaban J connectivity index is 2.29. The van der Waals surface area contributed by atoms with Crippen molar-refractivity contribution in [2.75, 3.05) is 5.75 Å². The minimum absolute atomic E-state index is 0.814. The fraction of sp³-hybridized carbons (Fsp3) is 0.273. The molecule has 0 saturated carbocycles. The van der Waals surface area contributed by atoms with E-state index in [2.05, 4.69) is 41.2 Å². The molecule has 2 rings (SSSR count). The predicted molar refractivity (Wildman–Crippen MR) is 63.0 cm³/mol. The lowest BCUT2D eigenvalue weighted by molar-refractivity contribution is 0.974. The number of nitrogens with one attached hydrogen (secondary N) is 1. The number of hydrogen-bond donors (Lipinski definition) is 1. The van der Waals surface area contributed by atoms with Gasteiger partial charge in [0.15, 0.2) is 5.82 Å². The summed E-state index contributed by atoms with van der Waals surface area (Å²) in [6, 6.07) is 8.23. The van der Waals surface area contributed by atoms with Crippen molar-refractivity contribution in [3.8, 4) is 11.4 Å². The molecular weight excluding hydrogens is 206 g/mol. The highest BCUT2D eigenvalue weighted by Gasteiger charge is 2.04. The van der Waals surface area contributed by atoms with Crippen LogP contribution in [0.15, 0.2) is 29.4 Å². The summed E-state index contributed by atoms with van der Waals surface area (Å²) >= 11 is 1.64. The van der Waals surface area contributed by atoms with E-state index in [1.807, 2.05) is 12.1 Å². The first-order chi connectivity index (χ1) is 7.29. The van der Waals surface area contributed by atoms with Gasteiger partial charge in [-0.25, -0.2) is 4.98 Å². The standard InChI is InChI=1S/C11H13N3S/c1-3-15-11-12-10(13-14-11)9-6-4-5-8(2)7-9/h4-7H,3H2,1-2H3,(H,12,13,14). The quantitative estimate of drug-likeness (QED) is 0.807. The maximum atomic E-state index is 4.41. The first-order valence-corrected chi connectivity index (χ1v) is 5.90. The number of rotatable bonds is 3. The second kappa shape index (κ2) is 4.49. The number of nitrogens with zero attached hydrogens (tertiary/aromatic N) is 2. The van der Waals surface area contributed by atoms with Gasteiger partial charge in [-0.05, 0) is 18.7 Å². The molecule has 0 radical (unpaired) electrons. The third-order valence-corrected chi connectivity index (χ3v) is 2.76. The van der Waals surface area contributed by atoms with Crippen LogP contribution in [-0.4, -0.2) is 20.9 Å². The van der Waals surface area contributed by atoms with E-state index in [1.54, 1.807) is 11.8 Å². The van der Waals surface area contributed by atoms with E-state index >= 15 is 0 Å². The molecule has 3 nitrogen and oxygen atoms in total. The summed E-state index contributed by atoms with van der Waals surface area (Å²) in [7, 11) is 0. The van der Waals surface area contributed by atoms with Crippen LogP contribution in [0.2, 0.25) is 0 Å². The van der Waals surface area contributed by atoms with Crippen LogP contribution < -0.4 is 0 Å². The summed E-state index contributed by atoms with van der Waals surface area (Å²) < 4.78 is 0. The molecule has 4 heteroatoms. The van der Waals surface area contributed by atoms with Crippen molar-refractivity contribution in [2.45, 2.75) is 19.0 Å². The zero-order valence-corrected chi connectivity index (χ0v) is 9.64. The molecular formula is C11H13N3S. The van der Waals surface area contributed by atoms with E-state index in [-0.39, 0.29) is 0 Å². The largest absolute Gasteiger partial charge is 0.258 e. The second-order valence-electron chi connectivity index (χ2n) is 3.27. The van der Waals surface area contributed by atoms with Crippen LogP contribution in [0.1, 0.15) is 12.5 Å². The van der Waals surface area contributed by atoms with Crippen LogP contribution in [-0.2, 0) is 0 Å². The van der Waals surface area contributed by atoms with Crippen molar-refractivity contribution >= 4 is 11.8 Å². The number of H-pyrrole nitrogens is 1. The lowest BCUT2D eigenvalue weighted by atomic mass is 10.1. The van der Waals surface area contributed by atoms with Crippen molar-refractivity contribution in [1.82, 2.24) is 15.2 Å². The Morgan fingerprint density at radius 2 is 2.27 bits per heavy atom.